The van der Waals surface area contributed by atoms with Crippen molar-refractivity contribution in [3.63, 3.8) is 0 Å². The van der Waals surface area contributed by atoms with Crippen molar-refractivity contribution in [1.29, 1.82) is 0 Å². The van der Waals surface area contributed by atoms with Crippen molar-refractivity contribution in [3.8, 4) is 0 Å². The molecule has 0 saturated heterocycles. The first-order valence-corrected chi connectivity index (χ1v) is 8.05. The second-order valence-corrected chi connectivity index (χ2v) is 6.69. The molecule has 0 bridgehead atoms. The zero-order chi connectivity index (χ0) is 14.1. The van der Waals surface area contributed by atoms with Gasteiger partial charge in [0.1, 0.15) is 11.3 Å². The van der Waals surface area contributed by atoms with Crippen LogP contribution in [0.15, 0.2) is 12.3 Å². The quantitative estimate of drug-likeness (QED) is 0.770. The van der Waals surface area contributed by atoms with Gasteiger partial charge in [0.05, 0.1) is 5.38 Å². The molecule has 2 aromatic heterocycles. The molecule has 3 nitrogen and oxygen atoms in total. The second kappa shape index (κ2) is 5.72. The van der Waals surface area contributed by atoms with E-state index in [2.05, 4.69) is 20.6 Å². The number of hydrogen-bond donors (Lipinski definition) is 0. The Kier molecular flexibility index (Phi) is 3.97. The number of pyridine rings is 1. The van der Waals surface area contributed by atoms with Gasteiger partial charge in [0.15, 0.2) is 5.65 Å². The van der Waals surface area contributed by atoms with E-state index in [1.165, 1.54) is 32.1 Å². The SMILES string of the molecule is Cc1cnc2c(c1)nc(C(C)Cl)n2CCC1CCCC1. The lowest BCUT2D eigenvalue weighted by Gasteiger charge is -2.13. The van der Waals surface area contributed by atoms with Crippen LogP contribution in [0.2, 0.25) is 0 Å². The summed E-state index contributed by atoms with van der Waals surface area (Å²) in [5, 5.41) is -0.0758. The van der Waals surface area contributed by atoms with Gasteiger partial charge in [0.25, 0.3) is 0 Å². The summed E-state index contributed by atoms with van der Waals surface area (Å²) in [6.45, 7) is 5.03. The number of nitrogens with zero attached hydrogens (tertiary/aromatic N) is 3. The Morgan fingerprint density at radius 3 is 2.85 bits per heavy atom. The first-order valence-electron chi connectivity index (χ1n) is 7.62. The van der Waals surface area contributed by atoms with Crippen molar-refractivity contribution < 1.29 is 0 Å². The van der Waals surface area contributed by atoms with Gasteiger partial charge in [0, 0.05) is 12.7 Å². The van der Waals surface area contributed by atoms with Gasteiger partial charge in [-0.15, -0.1) is 11.6 Å². The molecule has 1 aliphatic rings. The highest BCUT2D eigenvalue weighted by Crippen LogP contribution is 2.30. The van der Waals surface area contributed by atoms with Crippen LogP contribution in [0.5, 0.6) is 0 Å². The summed E-state index contributed by atoms with van der Waals surface area (Å²) in [6, 6.07) is 2.09. The van der Waals surface area contributed by atoms with Crippen LogP contribution in [0.25, 0.3) is 11.2 Å². The number of alkyl halides is 1. The maximum atomic E-state index is 6.30. The Hall–Kier alpha value is -1.09. The fourth-order valence-corrected chi connectivity index (χ4v) is 3.43. The first kappa shape index (κ1) is 13.9. The van der Waals surface area contributed by atoms with Crippen LogP contribution in [0.1, 0.15) is 55.8 Å². The number of imidazole rings is 1. The van der Waals surface area contributed by atoms with Gasteiger partial charge in [-0.05, 0) is 37.8 Å². The lowest BCUT2D eigenvalue weighted by Crippen LogP contribution is -2.08. The second-order valence-electron chi connectivity index (χ2n) is 6.03. The highest BCUT2D eigenvalue weighted by molar-refractivity contribution is 6.20. The maximum absolute atomic E-state index is 6.30. The number of rotatable bonds is 4. The van der Waals surface area contributed by atoms with Gasteiger partial charge in [0.2, 0.25) is 0 Å². The van der Waals surface area contributed by atoms with Crippen LogP contribution in [-0.2, 0) is 6.54 Å². The minimum atomic E-state index is -0.0758. The summed E-state index contributed by atoms with van der Waals surface area (Å²) >= 11 is 6.30. The van der Waals surface area contributed by atoms with E-state index in [9.17, 15) is 0 Å². The molecule has 0 radical (unpaired) electrons. The Labute approximate surface area is 125 Å². The van der Waals surface area contributed by atoms with Gasteiger partial charge < -0.3 is 4.57 Å². The Balaban J connectivity index is 1.91. The standard InChI is InChI=1S/C16H22ClN3/c1-11-9-14-16(18-10-11)20(15(19-14)12(2)17)8-7-13-5-3-4-6-13/h9-10,12-13H,3-8H2,1-2H3. The topological polar surface area (TPSA) is 30.7 Å². The van der Waals surface area contributed by atoms with Crippen LogP contribution in [-0.4, -0.2) is 14.5 Å². The molecule has 0 N–H and O–H groups in total. The lowest BCUT2D eigenvalue weighted by atomic mass is 10.0. The van der Waals surface area contributed by atoms with E-state index in [1.807, 2.05) is 20.0 Å². The summed E-state index contributed by atoms with van der Waals surface area (Å²) in [5.74, 6) is 1.83. The van der Waals surface area contributed by atoms with Crippen LogP contribution in [0.3, 0.4) is 0 Å². The Morgan fingerprint density at radius 2 is 2.15 bits per heavy atom. The van der Waals surface area contributed by atoms with Crippen LogP contribution < -0.4 is 0 Å². The number of halogens is 1. The van der Waals surface area contributed by atoms with E-state index in [0.29, 0.717) is 0 Å². The third kappa shape index (κ3) is 2.69. The Morgan fingerprint density at radius 1 is 1.40 bits per heavy atom. The van der Waals surface area contributed by atoms with Gasteiger partial charge in [-0.25, -0.2) is 9.97 Å². The predicted octanol–water partition coefficient (Wildman–Crippen LogP) is 4.62. The summed E-state index contributed by atoms with van der Waals surface area (Å²) < 4.78 is 2.23. The largest absolute Gasteiger partial charge is 0.311 e. The molecule has 1 saturated carbocycles. The lowest BCUT2D eigenvalue weighted by molar-refractivity contribution is 0.455. The number of hydrogen-bond acceptors (Lipinski definition) is 2. The average Bonchev–Trinajstić information content (AvgIpc) is 3.02. The highest BCUT2D eigenvalue weighted by atomic mass is 35.5. The van der Waals surface area contributed by atoms with Crippen molar-refractivity contribution in [2.75, 3.05) is 0 Å². The average molecular weight is 292 g/mol. The first-order chi connectivity index (χ1) is 9.65. The molecule has 0 amide bonds. The molecule has 1 atom stereocenters. The maximum Gasteiger partial charge on any atom is 0.160 e. The van der Waals surface area contributed by atoms with Gasteiger partial charge in [-0.3, -0.25) is 0 Å². The minimum absolute atomic E-state index is 0.0758. The zero-order valence-electron chi connectivity index (χ0n) is 12.3. The highest BCUT2D eigenvalue weighted by Gasteiger charge is 2.19. The molecule has 0 aromatic carbocycles. The third-order valence-corrected chi connectivity index (χ3v) is 4.54. The molecule has 1 unspecified atom stereocenters. The minimum Gasteiger partial charge on any atom is -0.311 e. The van der Waals surface area contributed by atoms with E-state index < -0.39 is 0 Å². The molecule has 3 rings (SSSR count). The number of aromatic nitrogens is 3. The molecular weight excluding hydrogens is 270 g/mol. The smallest absolute Gasteiger partial charge is 0.160 e. The summed E-state index contributed by atoms with van der Waals surface area (Å²) in [6.07, 6.45) is 8.68. The van der Waals surface area contributed by atoms with Gasteiger partial charge >= 0.3 is 0 Å². The van der Waals surface area contributed by atoms with Crippen molar-refractivity contribution in [2.45, 2.75) is 57.9 Å². The summed E-state index contributed by atoms with van der Waals surface area (Å²) in [4.78, 5) is 9.26. The molecule has 1 aliphatic carbocycles. The molecule has 0 aliphatic heterocycles. The normalized spacial score (nSPS) is 17.9. The monoisotopic (exact) mass is 291 g/mol. The molecule has 20 heavy (non-hydrogen) atoms. The molecule has 0 spiro atoms. The molecule has 1 fully saturated rings. The third-order valence-electron chi connectivity index (χ3n) is 4.34. The van der Waals surface area contributed by atoms with E-state index >= 15 is 0 Å². The van der Waals surface area contributed by atoms with Crippen molar-refractivity contribution in [2.24, 2.45) is 5.92 Å². The van der Waals surface area contributed by atoms with E-state index in [-0.39, 0.29) is 5.38 Å². The van der Waals surface area contributed by atoms with E-state index in [1.54, 1.807) is 0 Å². The molecule has 108 valence electrons. The fourth-order valence-electron chi connectivity index (χ4n) is 3.26. The Bertz CT molecular complexity index is 597. The molecule has 4 heteroatoms. The summed E-state index contributed by atoms with van der Waals surface area (Å²) in [7, 11) is 0. The van der Waals surface area contributed by atoms with Crippen molar-refractivity contribution >= 4 is 22.8 Å². The molecule has 2 heterocycles. The number of fused-ring (bicyclic) bond motifs is 1. The van der Waals surface area contributed by atoms with Crippen molar-refractivity contribution in [3.05, 3.63) is 23.7 Å². The zero-order valence-corrected chi connectivity index (χ0v) is 13.0. The van der Waals surface area contributed by atoms with E-state index in [4.69, 9.17) is 11.6 Å². The van der Waals surface area contributed by atoms with Crippen molar-refractivity contribution in [1.82, 2.24) is 14.5 Å². The van der Waals surface area contributed by atoms with E-state index in [0.717, 1.165) is 35.0 Å². The molecule has 2 aromatic rings. The fraction of sp³-hybridized carbons (Fsp3) is 0.625. The van der Waals surface area contributed by atoms with Gasteiger partial charge in [-0.1, -0.05) is 25.7 Å². The van der Waals surface area contributed by atoms with Crippen LogP contribution in [0.4, 0.5) is 0 Å². The van der Waals surface area contributed by atoms with Crippen LogP contribution >= 0.6 is 11.6 Å². The van der Waals surface area contributed by atoms with Crippen LogP contribution in [0, 0.1) is 12.8 Å². The molecular formula is C16H22ClN3. The predicted molar refractivity (Wildman–Crippen MR) is 83.1 cm³/mol. The van der Waals surface area contributed by atoms with Gasteiger partial charge in [-0.2, -0.15) is 0 Å². The number of aryl methyl sites for hydroxylation is 2. The summed E-state index contributed by atoms with van der Waals surface area (Å²) in [5.41, 5.74) is 3.10.